The first kappa shape index (κ1) is 15.5. The average molecular weight is 327 g/mol. The zero-order chi connectivity index (χ0) is 16.6. The molecule has 0 atom stereocenters. The number of rotatable bonds is 3. The lowest BCUT2D eigenvalue weighted by molar-refractivity contribution is 0.616. The Balaban J connectivity index is 2.32. The molecule has 1 aromatic heterocycles. The highest BCUT2D eigenvalue weighted by Gasteiger charge is 2.20. The first-order valence-corrected chi connectivity index (χ1v) is 7.64. The van der Waals surface area contributed by atoms with Crippen LogP contribution >= 0.6 is 11.6 Å². The minimum atomic E-state index is -0.385. The van der Waals surface area contributed by atoms with E-state index in [1.165, 1.54) is 6.07 Å². The molecule has 0 amide bonds. The van der Waals surface area contributed by atoms with Gasteiger partial charge in [-0.25, -0.2) is 9.37 Å². The number of nitrogens with zero attached hydrogens (tertiary/aromatic N) is 2. The Kier molecular flexibility index (Phi) is 4.05. The van der Waals surface area contributed by atoms with Crippen molar-refractivity contribution in [2.24, 2.45) is 0 Å². The van der Waals surface area contributed by atoms with Crippen molar-refractivity contribution < 1.29 is 4.39 Å². The maximum absolute atomic E-state index is 14.5. The third-order valence-electron chi connectivity index (χ3n) is 3.85. The quantitative estimate of drug-likeness (QED) is 0.613. The van der Waals surface area contributed by atoms with Crippen molar-refractivity contribution in [2.45, 2.75) is 13.8 Å². The van der Waals surface area contributed by atoms with Crippen molar-refractivity contribution in [2.75, 3.05) is 0 Å². The molecule has 0 radical (unpaired) electrons. The van der Waals surface area contributed by atoms with Crippen LogP contribution in [0.3, 0.4) is 0 Å². The number of imidazole rings is 1. The smallest absolute Gasteiger partial charge is 0.148 e. The molecule has 2 aromatic carbocycles. The number of hydrogen-bond donors (Lipinski definition) is 0. The molecule has 0 fully saturated rings. The molecule has 0 N–H and O–H groups in total. The van der Waals surface area contributed by atoms with E-state index in [-0.39, 0.29) is 5.82 Å². The Morgan fingerprint density at radius 2 is 1.83 bits per heavy atom. The molecule has 0 saturated heterocycles. The van der Waals surface area contributed by atoms with E-state index in [9.17, 15) is 4.39 Å². The van der Waals surface area contributed by atoms with E-state index in [0.717, 1.165) is 22.5 Å². The SMILES string of the molecule is C=Cc1nc(-c2ccccc2)c(C)n1-c1c(F)ccc(C)c1Cl. The maximum Gasteiger partial charge on any atom is 0.148 e. The molecule has 3 rings (SSSR count). The summed E-state index contributed by atoms with van der Waals surface area (Å²) in [6.45, 7) is 7.55. The van der Waals surface area contributed by atoms with Gasteiger partial charge in [-0.3, -0.25) is 4.57 Å². The van der Waals surface area contributed by atoms with Crippen LogP contribution in [0, 0.1) is 19.7 Å². The minimum Gasteiger partial charge on any atom is -0.293 e. The van der Waals surface area contributed by atoms with Crippen LogP contribution < -0.4 is 0 Å². The summed E-state index contributed by atoms with van der Waals surface area (Å²) in [5, 5.41) is 0.383. The minimum absolute atomic E-state index is 0.314. The summed E-state index contributed by atoms with van der Waals surface area (Å²) in [5.74, 6) is 0.177. The Labute approximate surface area is 139 Å². The summed E-state index contributed by atoms with van der Waals surface area (Å²) in [6, 6.07) is 12.9. The standard InChI is InChI=1S/C19H16ClFN2/c1-4-16-22-18(14-8-6-5-7-9-14)13(3)23(16)19-15(21)11-10-12(2)17(19)20/h4-11H,1H2,2-3H3. The van der Waals surface area contributed by atoms with Gasteiger partial charge in [0.2, 0.25) is 0 Å². The molecule has 0 bridgehead atoms. The van der Waals surface area contributed by atoms with E-state index in [4.69, 9.17) is 11.6 Å². The fourth-order valence-electron chi connectivity index (χ4n) is 2.66. The van der Waals surface area contributed by atoms with Gasteiger partial charge in [-0.1, -0.05) is 54.6 Å². The molecule has 0 aliphatic rings. The highest BCUT2D eigenvalue weighted by Crippen LogP contribution is 2.33. The van der Waals surface area contributed by atoms with Crippen LogP contribution in [0.2, 0.25) is 5.02 Å². The van der Waals surface area contributed by atoms with E-state index in [1.54, 1.807) is 16.7 Å². The van der Waals surface area contributed by atoms with E-state index in [1.807, 2.05) is 44.2 Å². The Morgan fingerprint density at radius 1 is 1.13 bits per heavy atom. The Hall–Kier alpha value is -2.39. The topological polar surface area (TPSA) is 17.8 Å². The van der Waals surface area contributed by atoms with Crippen molar-refractivity contribution in [3.05, 3.63) is 77.0 Å². The predicted molar refractivity (Wildman–Crippen MR) is 93.5 cm³/mol. The van der Waals surface area contributed by atoms with Crippen LogP contribution in [0.4, 0.5) is 4.39 Å². The molecule has 3 aromatic rings. The van der Waals surface area contributed by atoms with Crippen LogP contribution in [0.1, 0.15) is 17.1 Å². The number of benzene rings is 2. The van der Waals surface area contributed by atoms with Gasteiger partial charge in [-0.05, 0) is 31.6 Å². The molecule has 0 saturated carbocycles. The molecule has 0 spiro atoms. The molecule has 0 aliphatic carbocycles. The summed E-state index contributed by atoms with van der Waals surface area (Å²) in [4.78, 5) is 4.61. The van der Waals surface area contributed by atoms with Crippen molar-refractivity contribution >= 4 is 17.7 Å². The van der Waals surface area contributed by atoms with Crippen molar-refractivity contribution in [3.8, 4) is 16.9 Å². The third-order valence-corrected chi connectivity index (χ3v) is 4.32. The van der Waals surface area contributed by atoms with Crippen LogP contribution in [0.5, 0.6) is 0 Å². The molecule has 0 aliphatic heterocycles. The van der Waals surface area contributed by atoms with Gasteiger partial charge in [-0.15, -0.1) is 0 Å². The zero-order valence-corrected chi connectivity index (χ0v) is 13.7. The second kappa shape index (κ2) is 6.01. The molecular formula is C19H16ClFN2. The van der Waals surface area contributed by atoms with Gasteiger partial charge in [0.25, 0.3) is 0 Å². The lowest BCUT2D eigenvalue weighted by atomic mass is 10.1. The normalized spacial score (nSPS) is 10.8. The molecular weight excluding hydrogens is 311 g/mol. The largest absolute Gasteiger partial charge is 0.293 e. The average Bonchev–Trinajstić information content (AvgIpc) is 2.89. The van der Waals surface area contributed by atoms with Crippen LogP contribution in [0.15, 0.2) is 49.0 Å². The fourth-order valence-corrected chi connectivity index (χ4v) is 2.90. The molecule has 116 valence electrons. The second-order valence-corrected chi connectivity index (χ2v) is 5.71. The summed E-state index contributed by atoms with van der Waals surface area (Å²) in [5.41, 5.74) is 3.70. The van der Waals surface area contributed by atoms with E-state index in [2.05, 4.69) is 11.6 Å². The first-order chi connectivity index (χ1) is 11.0. The van der Waals surface area contributed by atoms with Crippen molar-refractivity contribution in [1.29, 1.82) is 0 Å². The van der Waals surface area contributed by atoms with Gasteiger partial charge < -0.3 is 0 Å². The van der Waals surface area contributed by atoms with Crippen LogP contribution in [-0.2, 0) is 0 Å². The number of aromatic nitrogens is 2. The summed E-state index contributed by atoms with van der Waals surface area (Å²) in [6.07, 6.45) is 1.61. The zero-order valence-electron chi connectivity index (χ0n) is 13.0. The van der Waals surface area contributed by atoms with Crippen molar-refractivity contribution in [3.63, 3.8) is 0 Å². The number of aryl methyl sites for hydroxylation is 1. The Bertz CT molecular complexity index is 882. The summed E-state index contributed by atoms with van der Waals surface area (Å²) >= 11 is 6.37. The highest BCUT2D eigenvalue weighted by molar-refractivity contribution is 6.33. The first-order valence-electron chi connectivity index (χ1n) is 7.26. The van der Waals surface area contributed by atoms with E-state index >= 15 is 0 Å². The predicted octanol–water partition coefficient (Wildman–Crippen LogP) is 5.59. The van der Waals surface area contributed by atoms with Gasteiger partial charge in [0.15, 0.2) is 0 Å². The summed E-state index contributed by atoms with van der Waals surface area (Å²) < 4.78 is 16.2. The highest BCUT2D eigenvalue weighted by atomic mass is 35.5. The van der Waals surface area contributed by atoms with Crippen molar-refractivity contribution in [1.82, 2.24) is 9.55 Å². The third kappa shape index (κ3) is 2.57. The van der Waals surface area contributed by atoms with Gasteiger partial charge in [0.05, 0.1) is 10.7 Å². The fraction of sp³-hybridized carbons (Fsp3) is 0.105. The lowest BCUT2D eigenvalue weighted by Gasteiger charge is -2.13. The van der Waals surface area contributed by atoms with Crippen LogP contribution in [-0.4, -0.2) is 9.55 Å². The van der Waals surface area contributed by atoms with E-state index in [0.29, 0.717) is 16.5 Å². The molecule has 4 heteroatoms. The van der Waals surface area contributed by atoms with Gasteiger partial charge in [-0.2, -0.15) is 0 Å². The monoisotopic (exact) mass is 326 g/mol. The van der Waals surface area contributed by atoms with Crippen LogP contribution in [0.25, 0.3) is 23.0 Å². The molecule has 1 heterocycles. The number of halogens is 2. The second-order valence-electron chi connectivity index (χ2n) is 5.34. The molecule has 23 heavy (non-hydrogen) atoms. The number of hydrogen-bond acceptors (Lipinski definition) is 1. The van der Waals surface area contributed by atoms with E-state index < -0.39 is 0 Å². The maximum atomic E-state index is 14.5. The van der Waals surface area contributed by atoms with Gasteiger partial charge in [0, 0.05) is 11.3 Å². The summed E-state index contributed by atoms with van der Waals surface area (Å²) in [7, 11) is 0. The molecule has 0 unspecified atom stereocenters. The van der Waals surface area contributed by atoms with Gasteiger partial charge in [0.1, 0.15) is 17.3 Å². The van der Waals surface area contributed by atoms with Gasteiger partial charge >= 0.3 is 0 Å². The molecule has 2 nitrogen and oxygen atoms in total. The Morgan fingerprint density at radius 3 is 2.48 bits per heavy atom. The lowest BCUT2D eigenvalue weighted by Crippen LogP contribution is -2.04.